The van der Waals surface area contributed by atoms with Crippen LogP contribution in [0.2, 0.25) is 0 Å². The molecule has 0 radical (unpaired) electrons. The van der Waals surface area contributed by atoms with Crippen LogP contribution in [0.4, 0.5) is 22.0 Å². The topological polar surface area (TPSA) is 41.6 Å². The maximum atomic E-state index is 14.5. The molecule has 0 atom stereocenters. The number of pyridine rings is 1. The Morgan fingerprint density at radius 2 is 1.69 bits per heavy atom. The molecule has 0 saturated heterocycles. The summed E-state index contributed by atoms with van der Waals surface area (Å²) in [6, 6.07) is 11.2. The number of hydrogen-bond donors (Lipinski definition) is 1. The second-order valence-corrected chi connectivity index (χ2v) is 9.61. The number of rotatable bonds is 9. The number of nitrogens with zero attached hydrogens (tertiary/aromatic N) is 2. The summed E-state index contributed by atoms with van der Waals surface area (Å²) in [7, 11) is 0. The van der Waals surface area contributed by atoms with Gasteiger partial charge in [0, 0.05) is 21.4 Å². The zero-order valence-electron chi connectivity index (χ0n) is 19.5. The molecule has 0 aliphatic carbocycles. The Balaban J connectivity index is 1.66. The van der Waals surface area contributed by atoms with Crippen molar-refractivity contribution in [3.8, 4) is 22.6 Å². The van der Waals surface area contributed by atoms with E-state index in [0.29, 0.717) is 5.56 Å². The van der Waals surface area contributed by atoms with Gasteiger partial charge in [0.2, 0.25) is 0 Å². The molecule has 1 N–H and O–H groups in total. The van der Waals surface area contributed by atoms with E-state index in [1.807, 2.05) is 17.2 Å². The second-order valence-electron chi connectivity index (χ2n) is 8.41. The van der Waals surface area contributed by atoms with Gasteiger partial charge in [0.25, 0.3) is 0 Å². The number of thiophene rings is 1. The number of hydrogen-bond acceptors (Lipinski definition) is 3. The van der Waals surface area contributed by atoms with E-state index in [0.717, 1.165) is 35.9 Å². The van der Waals surface area contributed by atoms with E-state index in [4.69, 9.17) is 0 Å². The molecule has 0 fully saturated rings. The Kier molecular flexibility index (Phi) is 7.98. The monoisotopic (exact) mass is 517 g/mol. The van der Waals surface area contributed by atoms with E-state index >= 15 is 0 Å². The Morgan fingerprint density at radius 3 is 2.42 bits per heavy atom. The number of benzene rings is 1. The van der Waals surface area contributed by atoms with Crippen molar-refractivity contribution in [1.82, 2.24) is 15.2 Å². The number of unbranched alkanes of at least 4 members (excludes halogenated alkanes) is 3. The van der Waals surface area contributed by atoms with E-state index in [9.17, 15) is 22.0 Å². The normalized spacial score (nSPS) is 12.1. The van der Waals surface area contributed by atoms with Gasteiger partial charge >= 0.3 is 6.18 Å². The van der Waals surface area contributed by atoms with Gasteiger partial charge < -0.3 is 0 Å². The second kappa shape index (κ2) is 11.2. The average molecular weight is 518 g/mol. The van der Waals surface area contributed by atoms with Gasteiger partial charge in [-0.1, -0.05) is 32.3 Å². The first kappa shape index (κ1) is 25.8. The van der Waals surface area contributed by atoms with Gasteiger partial charge in [0.05, 0.1) is 11.4 Å². The first-order valence-electron chi connectivity index (χ1n) is 11.6. The van der Waals surface area contributed by atoms with Crippen LogP contribution in [0.15, 0.2) is 48.5 Å². The van der Waals surface area contributed by atoms with Gasteiger partial charge in [-0.05, 0) is 66.9 Å². The first-order chi connectivity index (χ1) is 17.2. The minimum atomic E-state index is -4.60. The van der Waals surface area contributed by atoms with E-state index < -0.39 is 23.5 Å². The molecule has 9 heteroatoms. The van der Waals surface area contributed by atoms with Crippen molar-refractivity contribution >= 4 is 23.5 Å². The third-order valence-corrected chi connectivity index (χ3v) is 6.71. The number of alkyl halides is 3. The van der Waals surface area contributed by atoms with E-state index in [2.05, 4.69) is 23.1 Å². The first-order valence-corrected chi connectivity index (χ1v) is 12.4. The van der Waals surface area contributed by atoms with Crippen LogP contribution in [0, 0.1) is 11.6 Å². The van der Waals surface area contributed by atoms with Crippen LogP contribution < -0.4 is 0 Å². The van der Waals surface area contributed by atoms with Gasteiger partial charge in [-0.2, -0.15) is 18.3 Å². The largest absolute Gasteiger partial charge is 0.432 e. The molecule has 0 aliphatic heterocycles. The number of H-pyrrole nitrogens is 1. The fraction of sp³-hybridized carbons (Fsp3) is 0.259. The maximum Gasteiger partial charge on any atom is 0.432 e. The number of aromatic amines is 1. The highest BCUT2D eigenvalue weighted by atomic mass is 32.1. The zero-order chi connectivity index (χ0) is 25.7. The number of nitrogens with one attached hydrogen (secondary N) is 1. The minimum absolute atomic E-state index is 0.0324. The summed E-state index contributed by atoms with van der Waals surface area (Å²) in [5.41, 5.74) is -0.140. The smallest absolute Gasteiger partial charge is 0.273 e. The Morgan fingerprint density at radius 1 is 0.889 bits per heavy atom. The lowest BCUT2D eigenvalue weighted by Gasteiger charge is -2.07. The molecule has 4 aromatic rings. The fourth-order valence-electron chi connectivity index (χ4n) is 3.74. The van der Waals surface area contributed by atoms with Crippen LogP contribution in [0.3, 0.4) is 0 Å². The van der Waals surface area contributed by atoms with E-state index in [1.54, 1.807) is 29.5 Å². The van der Waals surface area contributed by atoms with Crippen LogP contribution in [0.25, 0.3) is 34.8 Å². The van der Waals surface area contributed by atoms with E-state index in [1.165, 1.54) is 30.2 Å². The lowest BCUT2D eigenvalue weighted by atomic mass is 10.1. The zero-order valence-corrected chi connectivity index (χ0v) is 20.3. The highest BCUT2D eigenvalue weighted by molar-refractivity contribution is 7.12. The predicted octanol–water partition coefficient (Wildman–Crippen LogP) is 8.79. The van der Waals surface area contributed by atoms with Crippen molar-refractivity contribution in [3.63, 3.8) is 0 Å². The highest BCUT2D eigenvalue weighted by Crippen LogP contribution is 2.32. The molecular formula is C27H24F5N3S. The molecule has 4 rings (SSSR count). The molecule has 0 bridgehead atoms. The molecule has 3 nitrogen and oxygen atoms in total. The summed E-state index contributed by atoms with van der Waals surface area (Å²) < 4.78 is 67.1. The molecule has 0 saturated carbocycles. The van der Waals surface area contributed by atoms with Crippen molar-refractivity contribution in [1.29, 1.82) is 0 Å². The molecule has 0 amide bonds. The molecular weight excluding hydrogens is 493 g/mol. The maximum absolute atomic E-state index is 14.5. The molecule has 36 heavy (non-hydrogen) atoms. The highest BCUT2D eigenvalue weighted by Gasteiger charge is 2.33. The summed E-state index contributed by atoms with van der Waals surface area (Å²) in [5, 5.41) is 5.72. The quantitative estimate of drug-likeness (QED) is 0.178. The van der Waals surface area contributed by atoms with Crippen molar-refractivity contribution in [3.05, 3.63) is 81.2 Å². The third kappa shape index (κ3) is 6.46. The van der Waals surface area contributed by atoms with Crippen LogP contribution in [-0.2, 0) is 12.6 Å². The van der Waals surface area contributed by atoms with Crippen molar-refractivity contribution in [2.24, 2.45) is 0 Å². The van der Waals surface area contributed by atoms with Gasteiger partial charge in [-0.25, -0.2) is 13.8 Å². The predicted molar refractivity (Wildman–Crippen MR) is 133 cm³/mol. The van der Waals surface area contributed by atoms with Gasteiger partial charge in [0.1, 0.15) is 23.0 Å². The number of halogens is 5. The minimum Gasteiger partial charge on any atom is -0.273 e. The van der Waals surface area contributed by atoms with Gasteiger partial charge in [-0.15, -0.1) is 11.3 Å². The number of aromatic nitrogens is 3. The number of aryl methyl sites for hydroxylation is 1. The summed E-state index contributed by atoms with van der Waals surface area (Å²) in [5.74, 6) is -1.56. The molecule has 0 spiro atoms. The lowest BCUT2D eigenvalue weighted by molar-refractivity contribution is -0.141. The standard InChI is InChI=1S/C27H24F5N3S/c1-2-3-4-5-6-19-10-11-20(36-19)9-7-17-13-23(21-12-8-18(28)15-22(21)29)33-24(14-17)25-16-26(35-34-25)27(30,31)32/h7-16H,2-6H2,1H3,(H,34,35)/b9-7+. The van der Waals surface area contributed by atoms with Gasteiger partial charge in [-0.3, -0.25) is 5.10 Å². The molecule has 188 valence electrons. The Labute approximate surface area is 209 Å². The van der Waals surface area contributed by atoms with Crippen molar-refractivity contribution < 1.29 is 22.0 Å². The van der Waals surface area contributed by atoms with Crippen molar-refractivity contribution in [2.75, 3.05) is 0 Å². The lowest BCUT2D eigenvalue weighted by Crippen LogP contribution is -2.04. The summed E-state index contributed by atoms with van der Waals surface area (Å²) in [4.78, 5) is 6.63. The summed E-state index contributed by atoms with van der Waals surface area (Å²) in [6.45, 7) is 2.18. The van der Waals surface area contributed by atoms with Gasteiger partial charge in [0.15, 0.2) is 0 Å². The van der Waals surface area contributed by atoms with Crippen LogP contribution >= 0.6 is 11.3 Å². The molecule has 1 aromatic carbocycles. The van der Waals surface area contributed by atoms with Crippen LogP contribution in [0.1, 0.15) is 53.6 Å². The van der Waals surface area contributed by atoms with Crippen molar-refractivity contribution in [2.45, 2.75) is 45.2 Å². The SMILES string of the molecule is CCCCCCc1ccc(/C=C/c2cc(-c3cc(C(F)(F)F)[nH]n3)nc(-c3ccc(F)cc3F)c2)s1. The Hall–Kier alpha value is -3.33. The summed E-state index contributed by atoms with van der Waals surface area (Å²) >= 11 is 1.67. The molecule has 0 aliphatic rings. The third-order valence-electron chi connectivity index (χ3n) is 5.60. The fourth-order valence-corrected chi connectivity index (χ4v) is 4.69. The average Bonchev–Trinajstić information content (AvgIpc) is 3.50. The Bertz CT molecular complexity index is 1350. The summed E-state index contributed by atoms with van der Waals surface area (Å²) in [6.07, 6.45) is 4.86. The van der Waals surface area contributed by atoms with Crippen LogP contribution in [-0.4, -0.2) is 15.2 Å². The molecule has 3 heterocycles. The molecule has 3 aromatic heterocycles. The van der Waals surface area contributed by atoms with E-state index in [-0.39, 0.29) is 22.6 Å². The van der Waals surface area contributed by atoms with Crippen LogP contribution in [0.5, 0.6) is 0 Å². The molecule has 0 unspecified atom stereocenters.